The van der Waals surface area contributed by atoms with Gasteiger partial charge in [-0.05, 0) is 34.1 Å². The maximum Gasteiger partial charge on any atom is 0.242 e. The highest BCUT2D eigenvalue weighted by atomic mass is 79.9. The number of benzene rings is 1. The van der Waals surface area contributed by atoms with Gasteiger partial charge in [-0.2, -0.15) is 4.98 Å². The predicted molar refractivity (Wildman–Crippen MR) is 92.1 cm³/mol. The zero-order valence-corrected chi connectivity index (χ0v) is 15.2. The van der Waals surface area contributed by atoms with E-state index >= 15 is 0 Å². The molecule has 0 bridgehead atoms. The highest BCUT2D eigenvalue weighted by Gasteiger charge is 2.15. The number of hydrogen-bond acceptors (Lipinski definition) is 2. The van der Waals surface area contributed by atoms with Crippen LogP contribution in [0.1, 0.15) is 5.69 Å². The lowest BCUT2D eigenvalue weighted by Crippen LogP contribution is -1.92. The van der Waals surface area contributed by atoms with Crippen molar-refractivity contribution in [3.05, 3.63) is 56.7 Å². The Balaban J connectivity index is 2.08. The third-order valence-electron chi connectivity index (χ3n) is 2.90. The molecule has 21 heavy (non-hydrogen) atoms. The molecule has 0 aliphatic heterocycles. The average Bonchev–Trinajstić information content (AvgIpc) is 2.81. The number of alkyl halides is 1. The number of ether oxygens (including phenoxy) is 1. The standard InChI is InChI=1S/C14H8Br2Cl2N2O/c15-7-11-14(19-13-3-1-2-4-20(11)13)21-12-6-9(17)8(16)5-10(12)18/h1-6H,7H2. The second kappa shape index (κ2) is 6.16. The Kier molecular flexibility index (Phi) is 4.45. The maximum absolute atomic E-state index is 6.19. The quantitative estimate of drug-likeness (QED) is 0.356. The number of fused-ring (bicyclic) bond motifs is 1. The van der Waals surface area contributed by atoms with E-state index in [-0.39, 0.29) is 0 Å². The molecule has 3 aromatic rings. The summed E-state index contributed by atoms with van der Waals surface area (Å²) in [5, 5.41) is 1.59. The van der Waals surface area contributed by atoms with Crippen molar-refractivity contribution in [2.24, 2.45) is 0 Å². The summed E-state index contributed by atoms with van der Waals surface area (Å²) in [4.78, 5) is 4.47. The molecular weight excluding hydrogens is 443 g/mol. The van der Waals surface area contributed by atoms with Gasteiger partial charge in [0.2, 0.25) is 5.88 Å². The van der Waals surface area contributed by atoms with E-state index in [1.54, 1.807) is 12.1 Å². The Labute approximate surface area is 148 Å². The van der Waals surface area contributed by atoms with Crippen molar-refractivity contribution in [1.82, 2.24) is 9.38 Å². The Hall–Kier alpha value is -0.750. The number of nitrogens with zero attached hydrogens (tertiary/aromatic N) is 2. The molecule has 0 fully saturated rings. The van der Waals surface area contributed by atoms with Gasteiger partial charge in [0, 0.05) is 22.1 Å². The molecular formula is C14H8Br2Cl2N2O. The first-order valence-electron chi connectivity index (χ1n) is 5.94. The Bertz CT molecular complexity index is 820. The third-order valence-corrected chi connectivity index (χ3v) is 4.92. The maximum atomic E-state index is 6.19. The van der Waals surface area contributed by atoms with Crippen molar-refractivity contribution >= 4 is 60.7 Å². The monoisotopic (exact) mass is 448 g/mol. The van der Waals surface area contributed by atoms with Crippen molar-refractivity contribution < 1.29 is 4.74 Å². The van der Waals surface area contributed by atoms with Crippen LogP contribution in [0.3, 0.4) is 0 Å². The minimum absolute atomic E-state index is 0.462. The molecule has 0 spiro atoms. The fourth-order valence-corrected chi connectivity index (χ4v) is 3.26. The van der Waals surface area contributed by atoms with Gasteiger partial charge in [0.1, 0.15) is 11.4 Å². The van der Waals surface area contributed by atoms with Crippen molar-refractivity contribution in [2.75, 3.05) is 0 Å². The number of rotatable bonds is 3. The van der Waals surface area contributed by atoms with Gasteiger partial charge in [0.05, 0.1) is 15.7 Å². The van der Waals surface area contributed by atoms with Crippen LogP contribution in [0.15, 0.2) is 41.0 Å². The SMILES string of the molecule is Clc1cc(Oc2nc3ccccn3c2CBr)c(Cl)cc1Br. The topological polar surface area (TPSA) is 26.5 Å². The summed E-state index contributed by atoms with van der Waals surface area (Å²) >= 11 is 19.1. The highest BCUT2D eigenvalue weighted by Crippen LogP contribution is 2.37. The first kappa shape index (κ1) is 15.2. The van der Waals surface area contributed by atoms with Crippen LogP contribution >= 0.6 is 55.1 Å². The van der Waals surface area contributed by atoms with Crippen molar-refractivity contribution in [1.29, 1.82) is 0 Å². The van der Waals surface area contributed by atoms with Crippen LogP contribution in [-0.4, -0.2) is 9.38 Å². The summed E-state index contributed by atoms with van der Waals surface area (Å²) in [6.07, 6.45) is 1.93. The molecule has 2 heterocycles. The number of pyridine rings is 1. The van der Waals surface area contributed by atoms with Gasteiger partial charge in [-0.1, -0.05) is 45.2 Å². The first-order chi connectivity index (χ1) is 10.1. The van der Waals surface area contributed by atoms with E-state index in [1.165, 1.54) is 0 Å². The van der Waals surface area contributed by atoms with Gasteiger partial charge in [-0.15, -0.1) is 0 Å². The van der Waals surface area contributed by atoms with E-state index in [0.717, 1.165) is 15.8 Å². The van der Waals surface area contributed by atoms with Crippen molar-refractivity contribution in [2.45, 2.75) is 5.33 Å². The molecule has 0 aliphatic carbocycles. The zero-order valence-electron chi connectivity index (χ0n) is 10.5. The van der Waals surface area contributed by atoms with Gasteiger partial charge < -0.3 is 4.74 Å². The number of hydrogen-bond donors (Lipinski definition) is 0. The lowest BCUT2D eigenvalue weighted by Gasteiger charge is -2.08. The number of aromatic nitrogens is 2. The molecule has 0 saturated heterocycles. The fourth-order valence-electron chi connectivity index (χ4n) is 1.91. The smallest absolute Gasteiger partial charge is 0.242 e. The van der Waals surface area contributed by atoms with E-state index in [9.17, 15) is 0 Å². The Morgan fingerprint density at radius 2 is 2.00 bits per heavy atom. The molecule has 2 aromatic heterocycles. The lowest BCUT2D eigenvalue weighted by molar-refractivity contribution is 0.462. The molecule has 0 saturated carbocycles. The summed E-state index contributed by atoms with van der Waals surface area (Å²) in [5.74, 6) is 0.967. The van der Waals surface area contributed by atoms with E-state index in [0.29, 0.717) is 27.0 Å². The van der Waals surface area contributed by atoms with Crippen LogP contribution in [0.4, 0.5) is 0 Å². The normalized spacial score (nSPS) is 11.0. The van der Waals surface area contributed by atoms with Gasteiger partial charge in [-0.3, -0.25) is 4.40 Å². The molecule has 0 N–H and O–H groups in total. The van der Waals surface area contributed by atoms with E-state index in [4.69, 9.17) is 27.9 Å². The molecule has 0 aliphatic rings. The minimum atomic E-state index is 0.462. The second-order valence-electron chi connectivity index (χ2n) is 4.22. The molecule has 0 unspecified atom stereocenters. The molecule has 108 valence electrons. The average molecular weight is 451 g/mol. The Morgan fingerprint density at radius 1 is 1.19 bits per heavy atom. The van der Waals surface area contributed by atoms with Crippen molar-refractivity contribution in [3.63, 3.8) is 0 Å². The van der Waals surface area contributed by atoms with E-state index in [2.05, 4.69) is 36.8 Å². The summed E-state index contributed by atoms with van der Waals surface area (Å²) in [5.41, 5.74) is 1.71. The zero-order chi connectivity index (χ0) is 15.0. The molecule has 0 amide bonds. The van der Waals surface area contributed by atoms with Crippen LogP contribution < -0.4 is 4.74 Å². The lowest BCUT2D eigenvalue weighted by atomic mass is 10.3. The molecule has 0 atom stereocenters. The van der Waals surface area contributed by atoms with Crippen LogP contribution in [0.2, 0.25) is 10.0 Å². The largest absolute Gasteiger partial charge is 0.436 e. The van der Waals surface area contributed by atoms with Gasteiger partial charge in [0.25, 0.3) is 0 Å². The summed E-state index contributed by atoms with van der Waals surface area (Å²) < 4.78 is 8.53. The Morgan fingerprint density at radius 3 is 2.76 bits per heavy atom. The number of halogens is 4. The van der Waals surface area contributed by atoms with Crippen LogP contribution in [-0.2, 0) is 5.33 Å². The van der Waals surface area contributed by atoms with Gasteiger partial charge >= 0.3 is 0 Å². The van der Waals surface area contributed by atoms with Crippen LogP contribution in [0, 0.1) is 0 Å². The molecule has 3 rings (SSSR count). The van der Waals surface area contributed by atoms with Crippen LogP contribution in [0.25, 0.3) is 5.65 Å². The first-order valence-corrected chi connectivity index (χ1v) is 8.61. The van der Waals surface area contributed by atoms with Gasteiger partial charge in [-0.25, -0.2) is 0 Å². The fraction of sp³-hybridized carbons (Fsp3) is 0.0714. The van der Waals surface area contributed by atoms with Crippen LogP contribution in [0.5, 0.6) is 11.6 Å². The van der Waals surface area contributed by atoms with E-state index < -0.39 is 0 Å². The third kappa shape index (κ3) is 2.93. The summed E-state index contributed by atoms with van der Waals surface area (Å²) in [7, 11) is 0. The molecule has 7 heteroatoms. The molecule has 1 aromatic carbocycles. The second-order valence-corrected chi connectivity index (χ2v) is 6.45. The number of imidazole rings is 1. The van der Waals surface area contributed by atoms with E-state index in [1.807, 2.05) is 28.8 Å². The molecule has 3 nitrogen and oxygen atoms in total. The summed E-state index contributed by atoms with van der Waals surface area (Å²) in [6, 6.07) is 9.13. The predicted octanol–water partition coefficient (Wildman–Crippen LogP) is 6.09. The molecule has 0 radical (unpaired) electrons. The highest BCUT2D eigenvalue weighted by molar-refractivity contribution is 9.10. The van der Waals surface area contributed by atoms with Crippen molar-refractivity contribution in [3.8, 4) is 11.6 Å². The summed E-state index contributed by atoms with van der Waals surface area (Å²) in [6.45, 7) is 0. The van der Waals surface area contributed by atoms with Gasteiger partial charge in [0.15, 0.2) is 0 Å². The minimum Gasteiger partial charge on any atom is -0.436 e.